The zero-order valence-electron chi connectivity index (χ0n) is 15.0. The summed E-state index contributed by atoms with van der Waals surface area (Å²) in [6.45, 7) is 4.09. The Bertz CT molecular complexity index is 745. The van der Waals surface area contributed by atoms with Gasteiger partial charge in [0.05, 0.1) is 18.9 Å². The molecule has 2 aliphatic rings. The molecule has 140 valence electrons. The molecule has 0 radical (unpaired) electrons. The molecule has 1 aromatic heterocycles. The fourth-order valence-corrected chi connectivity index (χ4v) is 3.67. The van der Waals surface area contributed by atoms with Crippen LogP contribution < -0.4 is 10.2 Å². The molecule has 2 atom stereocenters. The first-order valence-electron chi connectivity index (χ1n) is 9.16. The predicted octanol–water partition coefficient (Wildman–Crippen LogP) is 2.02. The van der Waals surface area contributed by atoms with Crippen molar-refractivity contribution in [2.24, 2.45) is 7.05 Å². The number of anilines is 1. The monoisotopic (exact) mass is 360 g/mol. The number of hydrogen-bond acceptors (Lipinski definition) is 5. The van der Waals surface area contributed by atoms with Crippen LogP contribution in [-0.4, -0.2) is 48.5 Å². The standard InChI is InChI=1S/C19H25FN4O2/c1-23-6-5-21-19(23)18-16(4-9-26-18)22-13-14-2-3-17(15(20)12-14)24-7-10-25-11-8-24/h2-3,5-6,12,16,18,22H,4,7-11,13H2,1H3/t16-,18-/m0/s1. The van der Waals surface area contributed by atoms with E-state index in [9.17, 15) is 4.39 Å². The molecule has 0 saturated carbocycles. The molecule has 2 fully saturated rings. The number of aryl methyl sites for hydroxylation is 1. The lowest BCUT2D eigenvalue weighted by Gasteiger charge is -2.29. The number of halogens is 1. The fourth-order valence-electron chi connectivity index (χ4n) is 3.67. The van der Waals surface area contributed by atoms with E-state index in [-0.39, 0.29) is 18.0 Å². The van der Waals surface area contributed by atoms with Gasteiger partial charge < -0.3 is 24.3 Å². The van der Waals surface area contributed by atoms with E-state index < -0.39 is 0 Å². The normalized spacial score (nSPS) is 23.5. The maximum Gasteiger partial charge on any atom is 0.146 e. The third kappa shape index (κ3) is 3.60. The van der Waals surface area contributed by atoms with Crippen molar-refractivity contribution in [3.8, 4) is 0 Å². The number of ether oxygens (including phenoxy) is 2. The number of imidazole rings is 1. The average Bonchev–Trinajstić information content (AvgIpc) is 3.29. The van der Waals surface area contributed by atoms with Crippen LogP contribution in [0.3, 0.4) is 0 Å². The van der Waals surface area contributed by atoms with Gasteiger partial charge >= 0.3 is 0 Å². The van der Waals surface area contributed by atoms with Gasteiger partial charge in [-0.15, -0.1) is 0 Å². The highest BCUT2D eigenvalue weighted by molar-refractivity contribution is 5.49. The molecular formula is C19H25FN4O2. The first kappa shape index (κ1) is 17.5. The zero-order valence-corrected chi connectivity index (χ0v) is 15.0. The Kier molecular flexibility index (Phi) is 5.19. The van der Waals surface area contributed by atoms with Gasteiger partial charge in [0.25, 0.3) is 0 Å². The van der Waals surface area contributed by atoms with Crippen LogP contribution in [0, 0.1) is 5.82 Å². The largest absolute Gasteiger partial charge is 0.378 e. The van der Waals surface area contributed by atoms with Crippen LogP contribution in [0.1, 0.15) is 23.9 Å². The Hall–Kier alpha value is -1.96. The Morgan fingerprint density at radius 2 is 2.12 bits per heavy atom. The van der Waals surface area contributed by atoms with E-state index in [0.29, 0.717) is 32.1 Å². The minimum atomic E-state index is -0.172. The van der Waals surface area contributed by atoms with Gasteiger partial charge in [-0.05, 0) is 24.1 Å². The topological polar surface area (TPSA) is 51.5 Å². The molecule has 2 aromatic rings. The molecule has 6 nitrogen and oxygen atoms in total. The quantitative estimate of drug-likeness (QED) is 0.884. The van der Waals surface area contributed by atoms with Crippen molar-refractivity contribution in [3.63, 3.8) is 0 Å². The van der Waals surface area contributed by atoms with E-state index in [1.54, 1.807) is 12.3 Å². The number of morpholine rings is 1. The molecule has 4 rings (SSSR count). The van der Waals surface area contributed by atoms with Crippen molar-refractivity contribution in [1.82, 2.24) is 14.9 Å². The third-order valence-corrected chi connectivity index (χ3v) is 5.14. The first-order chi connectivity index (χ1) is 12.7. The zero-order chi connectivity index (χ0) is 17.9. The van der Waals surface area contributed by atoms with Crippen molar-refractivity contribution < 1.29 is 13.9 Å². The number of rotatable bonds is 5. The Morgan fingerprint density at radius 1 is 1.27 bits per heavy atom. The van der Waals surface area contributed by atoms with E-state index in [4.69, 9.17) is 9.47 Å². The average molecular weight is 360 g/mol. The van der Waals surface area contributed by atoms with Crippen molar-refractivity contribution in [3.05, 3.63) is 47.8 Å². The Labute approximate surface area is 152 Å². The maximum atomic E-state index is 14.5. The summed E-state index contributed by atoms with van der Waals surface area (Å²) in [6, 6.07) is 5.67. The minimum absolute atomic E-state index is 0.0625. The minimum Gasteiger partial charge on any atom is -0.378 e. The second kappa shape index (κ2) is 7.73. The van der Waals surface area contributed by atoms with Crippen molar-refractivity contribution in [2.75, 3.05) is 37.8 Å². The van der Waals surface area contributed by atoms with E-state index in [2.05, 4.69) is 10.3 Å². The van der Waals surface area contributed by atoms with Crippen LogP contribution >= 0.6 is 0 Å². The lowest BCUT2D eigenvalue weighted by Crippen LogP contribution is -2.36. The summed E-state index contributed by atoms with van der Waals surface area (Å²) in [7, 11) is 1.97. The van der Waals surface area contributed by atoms with Crippen LogP contribution in [0.15, 0.2) is 30.6 Å². The lowest BCUT2D eigenvalue weighted by atomic mass is 10.1. The molecule has 2 aliphatic heterocycles. The van der Waals surface area contributed by atoms with E-state index in [1.165, 1.54) is 0 Å². The van der Waals surface area contributed by atoms with Crippen LogP contribution in [0.25, 0.3) is 0 Å². The Morgan fingerprint density at radius 3 is 2.85 bits per heavy atom. The molecule has 7 heteroatoms. The third-order valence-electron chi connectivity index (χ3n) is 5.14. The lowest BCUT2D eigenvalue weighted by molar-refractivity contribution is 0.0893. The molecule has 0 aliphatic carbocycles. The summed E-state index contributed by atoms with van der Waals surface area (Å²) >= 11 is 0. The van der Waals surface area contributed by atoms with Gasteiger partial charge in [0.1, 0.15) is 17.7 Å². The summed E-state index contributed by atoms with van der Waals surface area (Å²) in [5, 5.41) is 3.51. The molecule has 26 heavy (non-hydrogen) atoms. The molecule has 0 spiro atoms. The Balaban J connectivity index is 1.40. The predicted molar refractivity (Wildman–Crippen MR) is 96.6 cm³/mol. The highest BCUT2D eigenvalue weighted by atomic mass is 19.1. The summed E-state index contributed by atoms with van der Waals surface area (Å²) < 4.78 is 27.7. The summed E-state index contributed by atoms with van der Waals surface area (Å²) in [5.74, 6) is 0.753. The van der Waals surface area contributed by atoms with E-state index in [1.807, 2.05) is 34.8 Å². The second-order valence-corrected chi connectivity index (χ2v) is 6.85. The van der Waals surface area contributed by atoms with E-state index in [0.717, 1.165) is 30.9 Å². The highest BCUT2D eigenvalue weighted by Crippen LogP contribution is 2.28. The van der Waals surface area contributed by atoms with Crippen molar-refractivity contribution in [1.29, 1.82) is 0 Å². The molecular weight excluding hydrogens is 335 g/mol. The van der Waals surface area contributed by atoms with Crippen molar-refractivity contribution in [2.45, 2.75) is 25.1 Å². The molecule has 0 amide bonds. The SMILES string of the molecule is Cn1ccnc1[C@H]1OCC[C@@H]1NCc1ccc(N2CCOCC2)c(F)c1. The second-order valence-electron chi connectivity index (χ2n) is 6.85. The molecule has 3 heterocycles. The number of benzene rings is 1. The van der Waals surface area contributed by atoms with E-state index >= 15 is 0 Å². The highest BCUT2D eigenvalue weighted by Gasteiger charge is 2.32. The number of nitrogens with zero attached hydrogens (tertiary/aromatic N) is 3. The molecule has 0 unspecified atom stereocenters. The number of hydrogen-bond donors (Lipinski definition) is 1. The van der Waals surface area contributed by atoms with Gasteiger partial charge in [-0.25, -0.2) is 9.37 Å². The van der Waals surface area contributed by atoms with Gasteiger partial charge in [-0.3, -0.25) is 0 Å². The van der Waals surface area contributed by atoms with Crippen LogP contribution in [0.4, 0.5) is 10.1 Å². The molecule has 1 N–H and O–H groups in total. The van der Waals surface area contributed by atoms with Crippen LogP contribution in [0.2, 0.25) is 0 Å². The summed E-state index contributed by atoms with van der Waals surface area (Å²) in [4.78, 5) is 6.44. The first-order valence-corrected chi connectivity index (χ1v) is 9.16. The van der Waals surface area contributed by atoms with Crippen LogP contribution in [0.5, 0.6) is 0 Å². The maximum absolute atomic E-state index is 14.5. The summed E-state index contributed by atoms with van der Waals surface area (Å²) in [6.07, 6.45) is 4.57. The van der Waals surface area contributed by atoms with Gasteiger partial charge in [0.15, 0.2) is 0 Å². The molecule has 1 aromatic carbocycles. The van der Waals surface area contributed by atoms with Crippen molar-refractivity contribution >= 4 is 5.69 Å². The van der Waals surface area contributed by atoms with Gasteiger partial charge in [0, 0.05) is 51.7 Å². The number of nitrogens with one attached hydrogen (secondary N) is 1. The number of aromatic nitrogens is 2. The smallest absolute Gasteiger partial charge is 0.146 e. The summed E-state index contributed by atoms with van der Waals surface area (Å²) in [5.41, 5.74) is 1.59. The van der Waals surface area contributed by atoms with Gasteiger partial charge in [-0.1, -0.05) is 6.07 Å². The van der Waals surface area contributed by atoms with Gasteiger partial charge in [0.2, 0.25) is 0 Å². The fraction of sp³-hybridized carbons (Fsp3) is 0.526. The van der Waals surface area contributed by atoms with Crippen LogP contribution in [-0.2, 0) is 23.1 Å². The molecule has 2 saturated heterocycles. The molecule has 0 bridgehead atoms. The van der Waals surface area contributed by atoms with Gasteiger partial charge in [-0.2, -0.15) is 0 Å².